The van der Waals surface area contributed by atoms with Crippen LogP contribution in [0.3, 0.4) is 0 Å². The zero-order chi connectivity index (χ0) is 18.5. The molecular weight excluding hydrogens is 330 g/mol. The Balaban J connectivity index is 1.85. The van der Waals surface area contributed by atoms with Gasteiger partial charge < -0.3 is 14.8 Å². The van der Waals surface area contributed by atoms with E-state index in [-0.39, 0.29) is 5.91 Å². The minimum absolute atomic E-state index is 0.239. The van der Waals surface area contributed by atoms with Gasteiger partial charge in [0.25, 0.3) is 5.91 Å². The van der Waals surface area contributed by atoms with Gasteiger partial charge in [0, 0.05) is 17.3 Å². The molecule has 3 rings (SSSR count). The number of nitrogens with zero attached hydrogens (tertiary/aromatic N) is 1. The zero-order valence-corrected chi connectivity index (χ0v) is 15.0. The normalized spacial score (nSPS) is 10.4. The van der Waals surface area contributed by atoms with E-state index in [1.54, 1.807) is 26.4 Å². The van der Waals surface area contributed by atoms with Crippen molar-refractivity contribution in [2.75, 3.05) is 19.5 Å². The Morgan fingerprint density at radius 1 is 1.12 bits per heavy atom. The highest BCUT2D eigenvalue weighted by Crippen LogP contribution is 2.32. The molecule has 0 saturated carbocycles. The molecule has 134 valence electrons. The lowest BCUT2D eigenvalue weighted by molar-refractivity contribution is 0.102. The van der Waals surface area contributed by atoms with Gasteiger partial charge in [0.1, 0.15) is 17.2 Å². The van der Waals surface area contributed by atoms with Gasteiger partial charge in [-0.15, -0.1) is 0 Å². The first-order chi connectivity index (χ1) is 12.7. The molecule has 0 atom stereocenters. The quantitative estimate of drug-likeness (QED) is 0.706. The summed E-state index contributed by atoms with van der Waals surface area (Å²) in [7, 11) is 3.18. The van der Waals surface area contributed by atoms with Crippen LogP contribution in [0.1, 0.15) is 23.0 Å². The van der Waals surface area contributed by atoms with Gasteiger partial charge in [-0.2, -0.15) is 5.10 Å². The summed E-state index contributed by atoms with van der Waals surface area (Å²) in [6.45, 7) is 2.05. The summed E-state index contributed by atoms with van der Waals surface area (Å²) in [5.41, 5.74) is 3.66. The number of hydrogen-bond donors (Lipinski definition) is 2. The number of para-hydroxylation sites is 1. The highest BCUT2D eigenvalue weighted by molar-refractivity contribution is 6.03. The molecule has 3 aromatic rings. The van der Waals surface area contributed by atoms with Gasteiger partial charge in [0.05, 0.1) is 19.9 Å². The number of H-pyrrole nitrogens is 1. The average Bonchev–Trinajstić information content (AvgIpc) is 3.18. The fourth-order valence-electron chi connectivity index (χ4n) is 2.73. The first-order valence-corrected chi connectivity index (χ1v) is 8.33. The van der Waals surface area contributed by atoms with Crippen LogP contribution < -0.4 is 14.8 Å². The topological polar surface area (TPSA) is 76.2 Å². The van der Waals surface area contributed by atoms with Crippen LogP contribution >= 0.6 is 0 Å². The van der Waals surface area contributed by atoms with Crippen LogP contribution in [0.4, 0.5) is 5.69 Å². The molecule has 0 bridgehead atoms. The van der Waals surface area contributed by atoms with Crippen molar-refractivity contribution < 1.29 is 14.3 Å². The Morgan fingerprint density at radius 3 is 2.65 bits per heavy atom. The molecule has 0 saturated heterocycles. The summed E-state index contributed by atoms with van der Waals surface area (Å²) in [4.78, 5) is 12.5. The maximum Gasteiger partial charge on any atom is 0.273 e. The van der Waals surface area contributed by atoms with E-state index in [0.29, 0.717) is 22.9 Å². The second-order valence-corrected chi connectivity index (χ2v) is 5.70. The maximum atomic E-state index is 12.5. The van der Waals surface area contributed by atoms with Crippen molar-refractivity contribution in [3.63, 3.8) is 0 Å². The first kappa shape index (κ1) is 17.5. The Kier molecular flexibility index (Phi) is 5.22. The van der Waals surface area contributed by atoms with Crippen molar-refractivity contribution in [1.29, 1.82) is 0 Å². The largest absolute Gasteiger partial charge is 0.497 e. The van der Waals surface area contributed by atoms with E-state index in [1.807, 2.05) is 36.4 Å². The lowest BCUT2D eigenvalue weighted by Crippen LogP contribution is -2.13. The van der Waals surface area contributed by atoms with Gasteiger partial charge in [0.15, 0.2) is 0 Å². The first-order valence-electron chi connectivity index (χ1n) is 8.33. The van der Waals surface area contributed by atoms with Crippen molar-refractivity contribution in [3.05, 3.63) is 59.8 Å². The number of aromatic nitrogens is 2. The minimum Gasteiger partial charge on any atom is -0.497 e. The highest BCUT2D eigenvalue weighted by atomic mass is 16.5. The summed E-state index contributed by atoms with van der Waals surface area (Å²) in [6.07, 6.45) is 0.841. The monoisotopic (exact) mass is 351 g/mol. The molecule has 2 N–H and O–H groups in total. The Labute approximate surface area is 152 Å². The Morgan fingerprint density at radius 2 is 1.92 bits per heavy atom. The van der Waals surface area contributed by atoms with Crippen molar-refractivity contribution in [2.45, 2.75) is 13.3 Å². The molecule has 1 heterocycles. The second-order valence-electron chi connectivity index (χ2n) is 5.70. The van der Waals surface area contributed by atoms with Crippen LogP contribution in [0, 0.1) is 0 Å². The van der Waals surface area contributed by atoms with E-state index >= 15 is 0 Å². The number of aromatic amines is 1. The van der Waals surface area contributed by atoms with Gasteiger partial charge in [-0.25, -0.2) is 0 Å². The maximum absolute atomic E-state index is 12.5. The van der Waals surface area contributed by atoms with Crippen LogP contribution in [0.25, 0.3) is 11.3 Å². The fraction of sp³-hybridized carbons (Fsp3) is 0.200. The standard InChI is InChI=1S/C20H21N3O3/c1-4-13-7-5-6-8-16(13)21-20(24)18-12-17(22-23-18)15-10-9-14(25-2)11-19(15)26-3/h5-12H,4H2,1-3H3,(H,21,24)(H,22,23). The summed E-state index contributed by atoms with van der Waals surface area (Å²) in [5, 5.41) is 9.97. The third kappa shape index (κ3) is 3.54. The van der Waals surface area contributed by atoms with Gasteiger partial charge in [-0.05, 0) is 36.2 Å². The zero-order valence-electron chi connectivity index (χ0n) is 15.0. The van der Waals surface area contributed by atoms with E-state index in [1.165, 1.54) is 0 Å². The molecule has 0 aliphatic rings. The van der Waals surface area contributed by atoms with Crippen LogP contribution in [0.5, 0.6) is 11.5 Å². The molecule has 0 spiro atoms. The number of nitrogens with one attached hydrogen (secondary N) is 2. The molecule has 0 aliphatic carbocycles. The molecule has 0 aliphatic heterocycles. The van der Waals surface area contributed by atoms with Crippen LogP contribution in [-0.2, 0) is 6.42 Å². The van der Waals surface area contributed by atoms with Crippen molar-refractivity contribution >= 4 is 11.6 Å². The number of ether oxygens (including phenoxy) is 2. The number of carbonyl (C=O) groups is 1. The van der Waals surface area contributed by atoms with Gasteiger partial charge in [0.2, 0.25) is 0 Å². The SMILES string of the molecule is CCc1ccccc1NC(=O)c1cc(-c2ccc(OC)cc2OC)n[nH]1. The van der Waals surface area contributed by atoms with Crippen LogP contribution in [0.15, 0.2) is 48.5 Å². The highest BCUT2D eigenvalue weighted by Gasteiger charge is 2.15. The van der Waals surface area contributed by atoms with Gasteiger partial charge >= 0.3 is 0 Å². The number of aryl methyl sites for hydroxylation is 1. The number of anilines is 1. The summed E-state index contributed by atoms with van der Waals surface area (Å²) < 4.78 is 10.6. The number of amides is 1. The predicted molar refractivity (Wildman–Crippen MR) is 101 cm³/mol. The van der Waals surface area contributed by atoms with Crippen molar-refractivity contribution in [1.82, 2.24) is 10.2 Å². The smallest absolute Gasteiger partial charge is 0.273 e. The van der Waals surface area contributed by atoms with E-state index in [0.717, 1.165) is 23.2 Å². The fourth-order valence-corrected chi connectivity index (χ4v) is 2.73. The molecule has 1 amide bonds. The number of rotatable bonds is 6. The molecule has 26 heavy (non-hydrogen) atoms. The molecule has 6 heteroatoms. The Bertz CT molecular complexity index is 918. The molecule has 0 radical (unpaired) electrons. The van der Waals surface area contributed by atoms with E-state index in [2.05, 4.69) is 22.4 Å². The third-order valence-corrected chi connectivity index (χ3v) is 4.15. The average molecular weight is 351 g/mol. The Hall–Kier alpha value is -3.28. The molecular formula is C20H21N3O3. The predicted octanol–water partition coefficient (Wildman–Crippen LogP) is 3.91. The van der Waals surface area contributed by atoms with Crippen LogP contribution in [-0.4, -0.2) is 30.3 Å². The lowest BCUT2D eigenvalue weighted by atomic mass is 10.1. The van der Waals surface area contributed by atoms with Crippen molar-refractivity contribution in [3.8, 4) is 22.8 Å². The number of carbonyl (C=O) groups excluding carboxylic acids is 1. The van der Waals surface area contributed by atoms with E-state index in [4.69, 9.17) is 9.47 Å². The second kappa shape index (κ2) is 7.74. The molecule has 6 nitrogen and oxygen atoms in total. The van der Waals surface area contributed by atoms with E-state index in [9.17, 15) is 4.79 Å². The van der Waals surface area contributed by atoms with Crippen molar-refractivity contribution in [2.24, 2.45) is 0 Å². The molecule has 2 aromatic carbocycles. The van der Waals surface area contributed by atoms with Gasteiger partial charge in [-0.1, -0.05) is 25.1 Å². The summed E-state index contributed by atoms with van der Waals surface area (Å²) >= 11 is 0. The number of hydrogen-bond acceptors (Lipinski definition) is 4. The van der Waals surface area contributed by atoms with Crippen LogP contribution in [0.2, 0.25) is 0 Å². The molecule has 0 fully saturated rings. The summed E-state index contributed by atoms with van der Waals surface area (Å²) in [5.74, 6) is 1.08. The minimum atomic E-state index is -0.239. The summed E-state index contributed by atoms with van der Waals surface area (Å²) in [6, 6.07) is 14.9. The number of methoxy groups -OCH3 is 2. The number of benzene rings is 2. The molecule has 1 aromatic heterocycles. The third-order valence-electron chi connectivity index (χ3n) is 4.15. The van der Waals surface area contributed by atoms with E-state index < -0.39 is 0 Å². The lowest BCUT2D eigenvalue weighted by Gasteiger charge is -2.08. The van der Waals surface area contributed by atoms with Gasteiger partial charge in [-0.3, -0.25) is 9.89 Å². The molecule has 0 unspecified atom stereocenters.